The van der Waals surface area contributed by atoms with Gasteiger partial charge in [-0.05, 0) is 19.2 Å². The third-order valence-electron chi connectivity index (χ3n) is 3.02. The second-order valence-corrected chi connectivity index (χ2v) is 9.01. The SMILES string of the molecule is CSCC(C)N(C)S(=O)(=O)c1csc(CNC(C)C)c1. The monoisotopic (exact) mass is 336 g/mol. The van der Waals surface area contributed by atoms with Crippen LogP contribution in [0.25, 0.3) is 0 Å². The van der Waals surface area contributed by atoms with Gasteiger partial charge in [-0.2, -0.15) is 16.1 Å². The van der Waals surface area contributed by atoms with Crippen molar-refractivity contribution in [2.45, 2.75) is 44.3 Å². The molecule has 1 heterocycles. The summed E-state index contributed by atoms with van der Waals surface area (Å²) in [5.74, 6) is 0.793. The molecule has 1 atom stereocenters. The average Bonchev–Trinajstić information content (AvgIpc) is 2.85. The predicted molar refractivity (Wildman–Crippen MR) is 89.1 cm³/mol. The van der Waals surface area contributed by atoms with Crippen LogP contribution in [0.4, 0.5) is 0 Å². The summed E-state index contributed by atoms with van der Waals surface area (Å²) in [4.78, 5) is 1.45. The minimum atomic E-state index is -3.38. The average molecular weight is 337 g/mol. The lowest BCUT2D eigenvalue weighted by Gasteiger charge is -2.23. The lowest BCUT2D eigenvalue weighted by molar-refractivity contribution is 0.415. The Labute approximate surface area is 131 Å². The number of thioether (sulfide) groups is 1. The normalized spacial score (nSPS) is 14.2. The molecule has 0 fully saturated rings. The summed E-state index contributed by atoms with van der Waals surface area (Å²) in [6.07, 6.45) is 1.98. The van der Waals surface area contributed by atoms with Crippen molar-refractivity contribution in [1.29, 1.82) is 0 Å². The van der Waals surface area contributed by atoms with Gasteiger partial charge in [0.05, 0.1) is 4.90 Å². The largest absolute Gasteiger partial charge is 0.310 e. The summed E-state index contributed by atoms with van der Waals surface area (Å²) in [6, 6.07) is 2.16. The van der Waals surface area contributed by atoms with Crippen molar-refractivity contribution >= 4 is 33.1 Å². The zero-order valence-electron chi connectivity index (χ0n) is 12.7. The molecule has 0 spiro atoms. The molecule has 0 aliphatic heterocycles. The number of nitrogens with one attached hydrogen (secondary N) is 1. The minimum Gasteiger partial charge on any atom is -0.310 e. The van der Waals surface area contributed by atoms with Gasteiger partial charge >= 0.3 is 0 Å². The van der Waals surface area contributed by atoms with Crippen molar-refractivity contribution in [2.75, 3.05) is 19.1 Å². The van der Waals surface area contributed by atoms with Gasteiger partial charge < -0.3 is 5.32 Å². The van der Waals surface area contributed by atoms with Gasteiger partial charge in [-0.15, -0.1) is 11.3 Å². The number of hydrogen-bond acceptors (Lipinski definition) is 5. The first-order valence-corrected chi connectivity index (χ1v) is 10.3. The maximum Gasteiger partial charge on any atom is 0.243 e. The second-order valence-electron chi connectivity index (χ2n) is 5.11. The molecule has 1 N–H and O–H groups in total. The summed E-state index contributed by atoms with van der Waals surface area (Å²) < 4.78 is 26.5. The minimum absolute atomic E-state index is 0.00728. The van der Waals surface area contributed by atoms with E-state index in [0.29, 0.717) is 17.5 Å². The molecule has 116 valence electrons. The molecule has 0 amide bonds. The summed E-state index contributed by atoms with van der Waals surface area (Å²) in [5, 5.41) is 5.03. The van der Waals surface area contributed by atoms with Crippen LogP contribution in [0, 0.1) is 0 Å². The smallest absolute Gasteiger partial charge is 0.243 e. The number of thiophene rings is 1. The van der Waals surface area contributed by atoms with E-state index in [1.807, 2.05) is 13.2 Å². The molecule has 0 aliphatic carbocycles. The Hall–Kier alpha value is -0.0800. The molecule has 0 aromatic carbocycles. The van der Waals surface area contributed by atoms with E-state index in [0.717, 1.165) is 10.6 Å². The molecule has 1 unspecified atom stereocenters. The predicted octanol–water partition coefficient (Wildman–Crippen LogP) is 2.62. The molecule has 20 heavy (non-hydrogen) atoms. The van der Waals surface area contributed by atoms with Crippen molar-refractivity contribution in [2.24, 2.45) is 0 Å². The van der Waals surface area contributed by atoms with Crippen LogP contribution in [0.3, 0.4) is 0 Å². The van der Waals surface area contributed by atoms with Crippen LogP contribution in [0.2, 0.25) is 0 Å². The number of hydrogen-bond donors (Lipinski definition) is 1. The number of rotatable bonds is 8. The van der Waals surface area contributed by atoms with E-state index in [2.05, 4.69) is 19.2 Å². The maximum atomic E-state index is 12.5. The Morgan fingerprint density at radius 1 is 1.40 bits per heavy atom. The topological polar surface area (TPSA) is 49.4 Å². The molecule has 0 saturated carbocycles. The fourth-order valence-electron chi connectivity index (χ4n) is 1.64. The van der Waals surface area contributed by atoms with E-state index in [4.69, 9.17) is 0 Å². The summed E-state index contributed by atoms with van der Waals surface area (Å²) in [7, 11) is -1.72. The van der Waals surface area contributed by atoms with Crippen molar-refractivity contribution in [3.8, 4) is 0 Å². The van der Waals surface area contributed by atoms with Gasteiger partial charge in [0, 0.05) is 41.7 Å². The van der Waals surface area contributed by atoms with Gasteiger partial charge in [0.15, 0.2) is 0 Å². The molecule has 7 heteroatoms. The zero-order valence-corrected chi connectivity index (χ0v) is 15.2. The molecule has 0 saturated heterocycles. The quantitative estimate of drug-likeness (QED) is 0.793. The van der Waals surface area contributed by atoms with Crippen molar-refractivity contribution in [3.05, 3.63) is 16.3 Å². The lowest BCUT2D eigenvalue weighted by atomic mass is 10.4. The first-order valence-electron chi connectivity index (χ1n) is 6.56. The first-order chi connectivity index (χ1) is 9.28. The van der Waals surface area contributed by atoms with Crippen LogP contribution in [0.5, 0.6) is 0 Å². The Kier molecular flexibility index (Phi) is 7.00. The second kappa shape index (κ2) is 7.79. The zero-order chi connectivity index (χ0) is 15.3. The number of nitrogens with zero attached hydrogens (tertiary/aromatic N) is 1. The third kappa shape index (κ3) is 4.73. The standard InChI is InChI=1S/C13H24N2O2S3/c1-10(2)14-7-12-6-13(9-19-12)20(16,17)15(4)11(3)8-18-5/h6,9-11,14H,7-8H2,1-5H3. The molecule has 1 rings (SSSR count). The molecule has 0 aliphatic rings. The molecule has 0 bridgehead atoms. The molecule has 1 aromatic heterocycles. The highest BCUT2D eigenvalue weighted by atomic mass is 32.2. The summed E-state index contributed by atoms with van der Waals surface area (Å²) >= 11 is 3.14. The number of sulfonamides is 1. The van der Waals surface area contributed by atoms with Crippen molar-refractivity contribution in [1.82, 2.24) is 9.62 Å². The Balaban J connectivity index is 2.82. The van der Waals surface area contributed by atoms with Gasteiger partial charge in [-0.1, -0.05) is 13.8 Å². The molecule has 1 aromatic rings. The summed E-state index contributed by atoms with van der Waals surface area (Å²) in [6.45, 7) is 6.79. The fourth-order valence-corrected chi connectivity index (χ4v) is 5.02. The highest BCUT2D eigenvalue weighted by molar-refractivity contribution is 7.98. The van der Waals surface area contributed by atoms with Crippen LogP contribution >= 0.6 is 23.1 Å². The van der Waals surface area contributed by atoms with Crippen LogP contribution in [0.15, 0.2) is 16.3 Å². The van der Waals surface area contributed by atoms with Crippen LogP contribution in [0.1, 0.15) is 25.6 Å². The van der Waals surface area contributed by atoms with Crippen molar-refractivity contribution < 1.29 is 8.42 Å². The Morgan fingerprint density at radius 3 is 2.60 bits per heavy atom. The Morgan fingerprint density at radius 2 is 2.05 bits per heavy atom. The lowest BCUT2D eigenvalue weighted by Crippen LogP contribution is -2.36. The van der Waals surface area contributed by atoms with E-state index in [9.17, 15) is 8.42 Å². The van der Waals surface area contributed by atoms with E-state index in [1.54, 1.807) is 30.3 Å². The van der Waals surface area contributed by atoms with E-state index in [-0.39, 0.29) is 6.04 Å². The molecular formula is C13H24N2O2S3. The first kappa shape index (κ1) is 18.0. The van der Waals surface area contributed by atoms with Gasteiger partial charge in [0.1, 0.15) is 0 Å². The van der Waals surface area contributed by atoms with E-state index in [1.165, 1.54) is 15.6 Å². The van der Waals surface area contributed by atoms with Gasteiger partial charge in [-0.25, -0.2) is 8.42 Å². The fraction of sp³-hybridized carbons (Fsp3) is 0.692. The van der Waals surface area contributed by atoms with Gasteiger partial charge in [0.25, 0.3) is 0 Å². The van der Waals surface area contributed by atoms with E-state index < -0.39 is 10.0 Å². The Bertz CT molecular complexity index is 511. The third-order valence-corrected chi connectivity index (χ3v) is 6.87. The van der Waals surface area contributed by atoms with Crippen molar-refractivity contribution in [3.63, 3.8) is 0 Å². The van der Waals surface area contributed by atoms with Crippen LogP contribution in [-0.4, -0.2) is 43.9 Å². The molecule has 0 radical (unpaired) electrons. The van der Waals surface area contributed by atoms with Gasteiger partial charge in [-0.3, -0.25) is 0 Å². The van der Waals surface area contributed by atoms with Gasteiger partial charge in [0.2, 0.25) is 10.0 Å². The maximum absolute atomic E-state index is 12.5. The molecular weight excluding hydrogens is 312 g/mol. The highest BCUT2D eigenvalue weighted by Crippen LogP contribution is 2.23. The van der Waals surface area contributed by atoms with Crippen LogP contribution in [-0.2, 0) is 16.6 Å². The highest BCUT2D eigenvalue weighted by Gasteiger charge is 2.26. The van der Waals surface area contributed by atoms with E-state index >= 15 is 0 Å². The van der Waals surface area contributed by atoms with Crippen LogP contribution < -0.4 is 5.32 Å². The summed E-state index contributed by atoms with van der Waals surface area (Å²) in [5.41, 5.74) is 0. The molecule has 4 nitrogen and oxygen atoms in total.